The highest BCUT2D eigenvalue weighted by molar-refractivity contribution is 6.01. The number of hydrogen-bond acceptors (Lipinski definition) is 4. The summed E-state index contributed by atoms with van der Waals surface area (Å²) in [6.45, 7) is 3.95. The normalized spacial score (nSPS) is 10.3. The Morgan fingerprint density at radius 2 is 2.00 bits per heavy atom. The van der Waals surface area contributed by atoms with Gasteiger partial charge in [-0.2, -0.15) is 0 Å². The van der Waals surface area contributed by atoms with Crippen LogP contribution in [0.15, 0.2) is 30.3 Å². The molecule has 0 saturated heterocycles. The number of nitrogens with two attached hydrogens (primary N) is 1. The van der Waals surface area contributed by atoms with Crippen molar-refractivity contribution < 1.29 is 0 Å². The van der Waals surface area contributed by atoms with Crippen LogP contribution in [0.1, 0.15) is 24.0 Å². The van der Waals surface area contributed by atoms with Crippen molar-refractivity contribution in [2.45, 2.75) is 20.3 Å². The lowest BCUT2D eigenvalue weighted by atomic mass is 10.1. The molecule has 0 unspecified atom stereocenters. The molecular weight excluding hydrogens is 250 g/mol. The van der Waals surface area contributed by atoms with Crippen LogP contribution in [0.25, 0.3) is 0 Å². The van der Waals surface area contributed by atoms with E-state index in [4.69, 9.17) is 11.1 Å². The van der Waals surface area contributed by atoms with E-state index in [2.05, 4.69) is 16.9 Å². The molecule has 0 bridgehead atoms. The van der Waals surface area contributed by atoms with E-state index in [9.17, 15) is 0 Å². The Kier molecular flexibility index (Phi) is 3.98. The van der Waals surface area contributed by atoms with Gasteiger partial charge in [0.05, 0.1) is 5.69 Å². The van der Waals surface area contributed by atoms with E-state index in [0.717, 1.165) is 29.4 Å². The molecule has 0 saturated carbocycles. The van der Waals surface area contributed by atoms with Gasteiger partial charge in [-0.05, 0) is 25.5 Å². The van der Waals surface area contributed by atoms with Gasteiger partial charge in [0.2, 0.25) is 0 Å². The van der Waals surface area contributed by atoms with Crippen LogP contribution in [0.3, 0.4) is 0 Å². The summed E-state index contributed by atoms with van der Waals surface area (Å²) in [6, 6.07) is 9.52. The summed E-state index contributed by atoms with van der Waals surface area (Å²) in [4.78, 5) is 10.8. The number of benzene rings is 1. The Morgan fingerprint density at radius 3 is 2.65 bits per heavy atom. The van der Waals surface area contributed by atoms with Crippen LogP contribution in [0.2, 0.25) is 0 Å². The molecule has 5 heteroatoms. The standard InChI is InChI=1S/C15H19N5/c1-4-11-9-14(19-10(2)18-11)20(3)13-8-6-5-7-12(13)15(16)17/h5-9H,4H2,1-3H3,(H3,16,17). The lowest BCUT2D eigenvalue weighted by Gasteiger charge is -2.21. The van der Waals surface area contributed by atoms with E-state index in [1.807, 2.05) is 49.2 Å². The summed E-state index contributed by atoms with van der Waals surface area (Å²) in [5.41, 5.74) is 8.20. The van der Waals surface area contributed by atoms with E-state index in [-0.39, 0.29) is 5.84 Å². The minimum Gasteiger partial charge on any atom is -0.384 e. The first-order valence-electron chi connectivity index (χ1n) is 6.54. The van der Waals surface area contributed by atoms with Crippen molar-refractivity contribution in [1.82, 2.24) is 9.97 Å². The zero-order chi connectivity index (χ0) is 14.7. The second-order valence-corrected chi connectivity index (χ2v) is 4.61. The Hall–Kier alpha value is -2.43. The molecule has 0 atom stereocenters. The van der Waals surface area contributed by atoms with Gasteiger partial charge in [-0.3, -0.25) is 5.41 Å². The number of anilines is 2. The minimum absolute atomic E-state index is 0.0499. The molecule has 0 aliphatic heterocycles. The van der Waals surface area contributed by atoms with Gasteiger partial charge in [0.15, 0.2) is 0 Å². The van der Waals surface area contributed by atoms with Gasteiger partial charge in [0.1, 0.15) is 17.5 Å². The Morgan fingerprint density at radius 1 is 1.30 bits per heavy atom. The predicted molar refractivity (Wildman–Crippen MR) is 81.7 cm³/mol. The second kappa shape index (κ2) is 5.69. The van der Waals surface area contributed by atoms with Crippen molar-refractivity contribution in [3.63, 3.8) is 0 Å². The summed E-state index contributed by atoms with van der Waals surface area (Å²) in [6.07, 6.45) is 0.860. The van der Waals surface area contributed by atoms with Crippen LogP contribution in [0.4, 0.5) is 11.5 Å². The molecule has 2 aromatic rings. The Balaban J connectivity index is 2.48. The van der Waals surface area contributed by atoms with Crippen LogP contribution in [0.5, 0.6) is 0 Å². The van der Waals surface area contributed by atoms with Gasteiger partial charge in [-0.1, -0.05) is 19.1 Å². The van der Waals surface area contributed by atoms with Gasteiger partial charge in [0, 0.05) is 24.4 Å². The summed E-state index contributed by atoms with van der Waals surface area (Å²) >= 11 is 0. The summed E-state index contributed by atoms with van der Waals surface area (Å²) < 4.78 is 0. The zero-order valence-electron chi connectivity index (χ0n) is 12.0. The quantitative estimate of drug-likeness (QED) is 0.660. The molecule has 1 aromatic carbocycles. The topological polar surface area (TPSA) is 78.9 Å². The van der Waals surface area contributed by atoms with Crippen molar-refractivity contribution in [1.29, 1.82) is 5.41 Å². The second-order valence-electron chi connectivity index (χ2n) is 4.61. The van der Waals surface area contributed by atoms with Crippen molar-refractivity contribution >= 4 is 17.3 Å². The first kappa shape index (κ1) is 14.0. The van der Waals surface area contributed by atoms with E-state index in [0.29, 0.717) is 5.56 Å². The largest absolute Gasteiger partial charge is 0.384 e. The monoisotopic (exact) mass is 269 g/mol. The highest BCUT2D eigenvalue weighted by atomic mass is 15.2. The molecule has 104 valence electrons. The fourth-order valence-corrected chi connectivity index (χ4v) is 2.08. The van der Waals surface area contributed by atoms with Gasteiger partial charge in [0.25, 0.3) is 0 Å². The van der Waals surface area contributed by atoms with E-state index in [1.54, 1.807) is 0 Å². The van der Waals surface area contributed by atoms with Crippen LogP contribution in [-0.4, -0.2) is 22.9 Å². The summed E-state index contributed by atoms with van der Waals surface area (Å²) in [5.74, 6) is 1.60. The molecule has 2 rings (SSSR count). The molecule has 5 nitrogen and oxygen atoms in total. The number of nitrogens with one attached hydrogen (secondary N) is 1. The van der Waals surface area contributed by atoms with Crippen LogP contribution >= 0.6 is 0 Å². The molecule has 0 spiro atoms. The molecule has 1 heterocycles. The minimum atomic E-state index is 0.0499. The SMILES string of the molecule is CCc1cc(N(C)c2ccccc2C(=N)N)nc(C)n1. The van der Waals surface area contributed by atoms with E-state index < -0.39 is 0 Å². The van der Waals surface area contributed by atoms with Gasteiger partial charge in [-0.25, -0.2) is 9.97 Å². The molecule has 0 aliphatic carbocycles. The number of rotatable bonds is 4. The summed E-state index contributed by atoms with van der Waals surface area (Å²) in [7, 11) is 1.92. The zero-order valence-corrected chi connectivity index (χ0v) is 12.0. The lowest BCUT2D eigenvalue weighted by molar-refractivity contribution is 0.934. The number of nitrogen functional groups attached to an aromatic ring is 1. The molecule has 1 aromatic heterocycles. The van der Waals surface area contributed by atoms with E-state index in [1.165, 1.54) is 0 Å². The highest BCUT2D eigenvalue weighted by Crippen LogP contribution is 2.25. The first-order chi connectivity index (χ1) is 9.52. The number of hydrogen-bond donors (Lipinski definition) is 2. The molecule has 0 radical (unpaired) electrons. The van der Waals surface area contributed by atoms with Crippen molar-refractivity contribution in [2.75, 3.05) is 11.9 Å². The van der Waals surface area contributed by atoms with Crippen LogP contribution in [0, 0.1) is 12.3 Å². The molecule has 0 aliphatic rings. The fourth-order valence-electron chi connectivity index (χ4n) is 2.08. The van der Waals surface area contributed by atoms with Gasteiger partial charge in [-0.15, -0.1) is 0 Å². The molecule has 0 amide bonds. The fraction of sp³-hybridized carbons (Fsp3) is 0.267. The molecule has 3 N–H and O–H groups in total. The number of amidine groups is 1. The third-order valence-electron chi connectivity index (χ3n) is 3.14. The number of para-hydroxylation sites is 1. The lowest BCUT2D eigenvalue weighted by Crippen LogP contribution is -2.19. The van der Waals surface area contributed by atoms with Crippen molar-refractivity contribution in [2.24, 2.45) is 5.73 Å². The third-order valence-corrected chi connectivity index (χ3v) is 3.14. The summed E-state index contributed by atoms with van der Waals surface area (Å²) in [5, 5.41) is 7.67. The van der Waals surface area contributed by atoms with E-state index >= 15 is 0 Å². The first-order valence-corrected chi connectivity index (χ1v) is 6.54. The Labute approximate surface area is 119 Å². The van der Waals surface area contributed by atoms with Gasteiger partial charge >= 0.3 is 0 Å². The maximum absolute atomic E-state index is 7.67. The molecule has 20 heavy (non-hydrogen) atoms. The number of aromatic nitrogens is 2. The van der Waals surface area contributed by atoms with Gasteiger partial charge < -0.3 is 10.6 Å². The van der Waals surface area contributed by atoms with Crippen LogP contribution in [-0.2, 0) is 6.42 Å². The smallest absolute Gasteiger partial charge is 0.136 e. The predicted octanol–water partition coefficient (Wildman–Crippen LogP) is 2.40. The average Bonchev–Trinajstić information content (AvgIpc) is 2.45. The van der Waals surface area contributed by atoms with Crippen LogP contribution < -0.4 is 10.6 Å². The van der Waals surface area contributed by atoms with Crippen molar-refractivity contribution in [3.05, 3.63) is 47.4 Å². The van der Waals surface area contributed by atoms with Crippen molar-refractivity contribution in [3.8, 4) is 0 Å². The maximum atomic E-state index is 7.67. The molecular formula is C15H19N5. The Bertz CT molecular complexity index is 636. The number of nitrogens with zero attached hydrogens (tertiary/aromatic N) is 3. The molecule has 0 fully saturated rings. The maximum Gasteiger partial charge on any atom is 0.136 e. The third kappa shape index (κ3) is 2.77. The highest BCUT2D eigenvalue weighted by Gasteiger charge is 2.13. The average molecular weight is 269 g/mol. The number of aryl methyl sites for hydroxylation is 2.